The van der Waals surface area contributed by atoms with Crippen LogP contribution in [-0.4, -0.2) is 25.3 Å². The van der Waals surface area contributed by atoms with Gasteiger partial charge in [0.05, 0.1) is 12.2 Å². The van der Waals surface area contributed by atoms with Gasteiger partial charge in [-0.25, -0.2) is 0 Å². The Hall–Kier alpha value is -0.0800. The Kier molecular flexibility index (Phi) is 4.90. The van der Waals surface area contributed by atoms with Crippen molar-refractivity contribution in [2.75, 3.05) is 13.1 Å². The van der Waals surface area contributed by atoms with Gasteiger partial charge in [-0.05, 0) is 51.6 Å². The molecule has 0 aromatic rings. The SMILES string of the molecule is CC(C)CNCC1CC(C)OC(C)C1. The Morgan fingerprint density at radius 1 is 1.21 bits per heavy atom. The van der Waals surface area contributed by atoms with Crippen LogP contribution >= 0.6 is 0 Å². The summed E-state index contributed by atoms with van der Waals surface area (Å²) in [7, 11) is 0. The molecule has 2 heteroatoms. The lowest BCUT2D eigenvalue weighted by Crippen LogP contribution is -2.35. The van der Waals surface area contributed by atoms with Crippen molar-refractivity contribution in [3.63, 3.8) is 0 Å². The van der Waals surface area contributed by atoms with E-state index in [9.17, 15) is 0 Å². The third-order valence-electron chi connectivity index (χ3n) is 2.78. The molecule has 14 heavy (non-hydrogen) atoms. The molecular formula is C12H25NO. The Balaban J connectivity index is 2.17. The van der Waals surface area contributed by atoms with Gasteiger partial charge in [-0.15, -0.1) is 0 Å². The molecule has 1 aliphatic heterocycles. The van der Waals surface area contributed by atoms with Gasteiger partial charge >= 0.3 is 0 Å². The average molecular weight is 199 g/mol. The summed E-state index contributed by atoms with van der Waals surface area (Å²) in [5, 5.41) is 3.54. The Morgan fingerprint density at radius 2 is 1.79 bits per heavy atom. The lowest BCUT2D eigenvalue weighted by Gasteiger charge is -2.32. The minimum absolute atomic E-state index is 0.449. The van der Waals surface area contributed by atoms with E-state index in [1.54, 1.807) is 0 Å². The molecule has 0 aromatic carbocycles. The van der Waals surface area contributed by atoms with Crippen LogP contribution in [0.25, 0.3) is 0 Å². The molecule has 0 amide bonds. The zero-order valence-corrected chi connectivity index (χ0v) is 10.0. The molecule has 0 radical (unpaired) electrons. The van der Waals surface area contributed by atoms with Gasteiger partial charge in [0.1, 0.15) is 0 Å². The molecule has 0 saturated carbocycles. The lowest BCUT2D eigenvalue weighted by molar-refractivity contribution is -0.0516. The molecule has 0 spiro atoms. The predicted octanol–water partition coefficient (Wildman–Crippen LogP) is 2.44. The average Bonchev–Trinajstić information content (AvgIpc) is 2.01. The molecule has 0 aromatic heterocycles. The van der Waals surface area contributed by atoms with Crippen LogP contribution in [0.2, 0.25) is 0 Å². The van der Waals surface area contributed by atoms with Gasteiger partial charge in [0.2, 0.25) is 0 Å². The zero-order chi connectivity index (χ0) is 10.6. The van der Waals surface area contributed by atoms with Crippen molar-refractivity contribution in [2.24, 2.45) is 11.8 Å². The van der Waals surface area contributed by atoms with Crippen LogP contribution in [0.1, 0.15) is 40.5 Å². The molecule has 2 unspecified atom stereocenters. The number of hydrogen-bond donors (Lipinski definition) is 1. The van der Waals surface area contributed by atoms with Gasteiger partial charge in [0, 0.05) is 0 Å². The lowest BCUT2D eigenvalue weighted by atomic mass is 9.92. The van der Waals surface area contributed by atoms with E-state index in [1.165, 1.54) is 12.8 Å². The summed E-state index contributed by atoms with van der Waals surface area (Å²) >= 11 is 0. The van der Waals surface area contributed by atoms with Crippen molar-refractivity contribution in [2.45, 2.75) is 52.7 Å². The molecule has 1 N–H and O–H groups in total. The van der Waals surface area contributed by atoms with Crippen LogP contribution in [0.4, 0.5) is 0 Å². The minimum Gasteiger partial charge on any atom is -0.376 e. The molecule has 0 aliphatic carbocycles. The summed E-state index contributed by atoms with van der Waals surface area (Å²) in [4.78, 5) is 0. The first kappa shape index (κ1) is 12.0. The topological polar surface area (TPSA) is 21.3 Å². The monoisotopic (exact) mass is 199 g/mol. The molecule has 1 rings (SSSR count). The maximum atomic E-state index is 5.72. The quantitative estimate of drug-likeness (QED) is 0.751. The van der Waals surface area contributed by atoms with Crippen molar-refractivity contribution < 1.29 is 4.74 Å². The fourth-order valence-electron chi connectivity index (χ4n) is 2.29. The third-order valence-corrected chi connectivity index (χ3v) is 2.78. The first-order valence-corrected chi connectivity index (χ1v) is 5.94. The summed E-state index contributed by atoms with van der Waals surface area (Å²) in [6.45, 7) is 11.2. The Labute approximate surface area is 88.4 Å². The molecule has 1 aliphatic rings. The molecule has 1 fully saturated rings. The van der Waals surface area contributed by atoms with Crippen LogP contribution in [-0.2, 0) is 4.74 Å². The molecule has 2 atom stereocenters. The van der Waals surface area contributed by atoms with Crippen molar-refractivity contribution in [3.05, 3.63) is 0 Å². The van der Waals surface area contributed by atoms with E-state index in [2.05, 4.69) is 33.0 Å². The van der Waals surface area contributed by atoms with Gasteiger partial charge < -0.3 is 10.1 Å². The molecule has 1 heterocycles. The highest BCUT2D eigenvalue weighted by atomic mass is 16.5. The van der Waals surface area contributed by atoms with E-state index in [4.69, 9.17) is 4.74 Å². The molecule has 1 saturated heterocycles. The van der Waals surface area contributed by atoms with E-state index in [0.29, 0.717) is 12.2 Å². The highest BCUT2D eigenvalue weighted by molar-refractivity contribution is 4.75. The maximum Gasteiger partial charge on any atom is 0.0553 e. The summed E-state index contributed by atoms with van der Waals surface area (Å²) < 4.78 is 5.72. The van der Waals surface area contributed by atoms with Crippen LogP contribution in [0, 0.1) is 11.8 Å². The van der Waals surface area contributed by atoms with Crippen LogP contribution in [0.3, 0.4) is 0 Å². The van der Waals surface area contributed by atoms with E-state index in [1.807, 2.05) is 0 Å². The highest BCUT2D eigenvalue weighted by Gasteiger charge is 2.23. The molecule has 2 nitrogen and oxygen atoms in total. The normalized spacial score (nSPS) is 33.6. The van der Waals surface area contributed by atoms with E-state index in [0.717, 1.165) is 24.9 Å². The number of ether oxygens (including phenoxy) is 1. The molecule has 0 bridgehead atoms. The number of hydrogen-bond acceptors (Lipinski definition) is 2. The van der Waals surface area contributed by atoms with Gasteiger partial charge in [0.25, 0.3) is 0 Å². The first-order valence-electron chi connectivity index (χ1n) is 5.94. The smallest absolute Gasteiger partial charge is 0.0553 e. The van der Waals surface area contributed by atoms with Crippen LogP contribution in [0.15, 0.2) is 0 Å². The third kappa shape index (κ3) is 4.43. The van der Waals surface area contributed by atoms with E-state index >= 15 is 0 Å². The Bertz CT molecular complexity index is 148. The van der Waals surface area contributed by atoms with Gasteiger partial charge in [-0.2, -0.15) is 0 Å². The van der Waals surface area contributed by atoms with Crippen molar-refractivity contribution in [3.8, 4) is 0 Å². The first-order chi connectivity index (χ1) is 6.58. The Morgan fingerprint density at radius 3 is 2.29 bits per heavy atom. The largest absolute Gasteiger partial charge is 0.376 e. The second kappa shape index (κ2) is 5.72. The maximum absolute atomic E-state index is 5.72. The number of nitrogens with one attached hydrogen (secondary N) is 1. The summed E-state index contributed by atoms with van der Waals surface area (Å²) in [6, 6.07) is 0. The zero-order valence-electron chi connectivity index (χ0n) is 10.0. The van der Waals surface area contributed by atoms with Gasteiger partial charge in [0.15, 0.2) is 0 Å². The fourth-order valence-corrected chi connectivity index (χ4v) is 2.29. The van der Waals surface area contributed by atoms with E-state index in [-0.39, 0.29) is 0 Å². The van der Waals surface area contributed by atoms with E-state index < -0.39 is 0 Å². The van der Waals surface area contributed by atoms with Crippen molar-refractivity contribution in [1.29, 1.82) is 0 Å². The second-order valence-corrected chi connectivity index (χ2v) is 5.15. The molecular weight excluding hydrogens is 174 g/mol. The van der Waals surface area contributed by atoms with Gasteiger partial charge in [-0.3, -0.25) is 0 Å². The van der Waals surface area contributed by atoms with Crippen LogP contribution in [0.5, 0.6) is 0 Å². The molecule has 84 valence electrons. The standard InChI is InChI=1S/C12H25NO/c1-9(2)7-13-8-12-5-10(3)14-11(4)6-12/h9-13H,5-8H2,1-4H3. The summed E-state index contributed by atoms with van der Waals surface area (Å²) in [6.07, 6.45) is 3.33. The predicted molar refractivity (Wildman–Crippen MR) is 60.4 cm³/mol. The number of rotatable bonds is 4. The second-order valence-electron chi connectivity index (χ2n) is 5.15. The van der Waals surface area contributed by atoms with Crippen molar-refractivity contribution in [1.82, 2.24) is 5.32 Å². The minimum atomic E-state index is 0.449. The van der Waals surface area contributed by atoms with Gasteiger partial charge in [-0.1, -0.05) is 13.8 Å². The van der Waals surface area contributed by atoms with Crippen LogP contribution < -0.4 is 5.32 Å². The summed E-state index contributed by atoms with van der Waals surface area (Å²) in [5.74, 6) is 1.57. The van der Waals surface area contributed by atoms with Crippen molar-refractivity contribution >= 4 is 0 Å². The highest BCUT2D eigenvalue weighted by Crippen LogP contribution is 2.23. The summed E-state index contributed by atoms with van der Waals surface area (Å²) in [5.41, 5.74) is 0. The fraction of sp³-hybridized carbons (Fsp3) is 1.00.